The van der Waals surface area contributed by atoms with Crippen LogP contribution in [0.4, 0.5) is 0 Å². The molecule has 0 bridgehead atoms. The molecule has 0 amide bonds. The van der Waals surface area contributed by atoms with Gasteiger partial charge >= 0.3 is 0 Å². The molecule has 0 spiro atoms. The topological polar surface area (TPSA) is 32.7 Å². The van der Waals surface area contributed by atoms with E-state index in [0.717, 1.165) is 25.3 Å². The highest BCUT2D eigenvalue weighted by Gasteiger charge is 2.27. The third kappa shape index (κ3) is 7.46. The van der Waals surface area contributed by atoms with Crippen molar-refractivity contribution in [3.63, 3.8) is 0 Å². The molecule has 1 aliphatic heterocycles. The SMILES string of the molecule is C[C@H]1C[C@H](C)CN(C[C@H](O)COc2ccc(C(C)(C)CC(C)(C)C)cc2)C1. The highest BCUT2D eigenvalue weighted by molar-refractivity contribution is 5.31. The van der Waals surface area contributed by atoms with Crippen molar-refractivity contribution < 1.29 is 9.84 Å². The van der Waals surface area contributed by atoms with Crippen LogP contribution in [0.25, 0.3) is 0 Å². The molecule has 2 rings (SSSR count). The fourth-order valence-corrected chi connectivity index (χ4v) is 4.91. The van der Waals surface area contributed by atoms with Crippen molar-refractivity contribution in [1.29, 1.82) is 0 Å². The molecule has 3 nitrogen and oxygen atoms in total. The number of piperidine rings is 1. The van der Waals surface area contributed by atoms with Gasteiger partial charge in [-0.25, -0.2) is 0 Å². The number of hydrogen-bond acceptors (Lipinski definition) is 3. The van der Waals surface area contributed by atoms with Crippen LogP contribution in [-0.4, -0.2) is 42.4 Å². The molecule has 3 atom stereocenters. The molecular weight excluding hydrogens is 334 g/mol. The average molecular weight is 376 g/mol. The number of hydrogen-bond donors (Lipinski definition) is 1. The van der Waals surface area contributed by atoms with Crippen LogP contribution in [-0.2, 0) is 5.41 Å². The van der Waals surface area contributed by atoms with E-state index in [2.05, 4.69) is 65.5 Å². The summed E-state index contributed by atoms with van der Waals surface area (Å²) in [5, 5.41) is 10.4. The normalized spacial score (nSPS) is 23.3. The van der Waals surface area contributed by atoms with E-state index in [-0.39, 0.29) is 5.41 Å². The van der Waals surface area contributed by atoms with Gasteiger partial charge in [-0.3, -0.25) is 0 Å². The third-order valence-electron chi connectivity index (χ3n) is 5.46. The van der Waals surface area contributed by atoms with E-state index >= 15 is 0 Å². The van der Waals surface area contributed by atoms with Crippen molar-refractivity contribution in [2.75, 3.05) is 26.2 Å². The van der Waals surface area contributed by atoms with Gasteiger partial charge in [-0.2, -0.15) is 0 Å². The molecule has 1 aromatic carbocycles. The van der Waals surface area contributed by atoms with Gasteiger partial charge in [0.05, 0.1) is 0 Å². The summed E-state index contributed by atoms with van der Waals surface area (Å²) in [5.74, 6) is 2.27. The number of aliphatic hydroxyl groups is 1. The first-order chi connectivity index (χ1) is 12.4. The summed E-state index contributed by atoms with van der Waals surface area (Å²) in [5.41, 5.74) is 1.77. The molecule has 0 unspecified atom stereocenters. The van der Waals surface area contributed by atoms with Crippen LogP contribution in [0.1, 0.15) is 66.9 Å². The van der Waals surface area contributed by atoms with Gasteiger partial charge in [-0.1, -0.05) is 60.6 Å². The molecule has 1 N–H and O–H groups in total. The first-order valence-corrected chi connectivity index (χ1v) is 10.6. The molecule has 27 heavy (non-hydrogen) atoms. The fraction of sp³-hybridized carbons (Fsp3) is 0.750. The second-order valence-corrected chi connectivity index (χ2v) is 10.8. The van der Waals surface area contributed by atoms with Crippen molar-refractivity contribution >= 4 is 0 Å². The van der Waals surface area contributed by atoms with Crippen LogP contribution in [0, 0.1) is 17.3 Å². The molecule has 3 heteroatoms. The van der Waals surface area contributed by atoms with Gasteiger partial charge in [-0.05, 0) is 53.2 Å². The van der Waals surface area contributed by atoms with Crippen LogP contribution in [0.15, 0.2) is 24.3 Å². The van der Waals surface area contributed by atoms with E-state index in [0.29, 0.717) is 30.4 Å². The second kappa shape index (κ2) is 8.96. The molecule has 1 fully saturated rings. The van der Waals surface area contributed by atoms with E-state index in [1.54, 1.807) is 0 Å². The highest BCUT2D eigenvalue weighted by atomic mass is 16.5. The summed E-state index contributed by atoms with van der Waals surface area (Å²) < 4.78 is 5.85. The van der Waals surface area contributed by atoms with Crippen molar-refractivity contribution in [2.24, 2.45) is 17.3 Å². The molecule has 0 radical (unpaired) electrons. The number of aliphatic hydroxyl groups excluding tert-OH is 1. The van der Waals surface area contributed by atoms with Crippen molar-refractivity contribution in [2.45, 2.75) is 72.8 Å². The molecular formula is C24H41NO2. The summed E-state index contributed by atoms with van der Waals surface area (Å²) in [4.78, 5) is 2.38. The fourth-order valence-electron chi connectivity index (χ4n) is 4.91. The molecule has 1 heterocycles. The molecule has 0 aromatic heterocycles. The smallest absolute Gasteiger partial charge is 0.119 e. The quantitative estimate of drug-likeness (QED) is 0.718. The van der Waals surface area contributed by atoms with Crippen LogP contribution >= 0.6 is 0 Å². The molecule has 1 aromatic rings. The first kappa shape index (κ1) is 22.2. The van der Waals surface area contributed by atoms with E-state index in [1.807, 2.05) is 12.1 Å². The lowest BCUT2D eigenvalue weighted by molar-refractivity contribution is 0.0429. The van der Waals surface area contributed by atoms with E-state index in [4.69, 9.17) is 4.74 Å². The lowest BCUT2D eigenvalue weighted by Crippen LogP contribution is -2.44. The zero-order valence-electron chi connectivity index (χ0n) is 18.6. The van der Waals surface area contributed by atoms with Crippen LogP contribution in [0.3, 0.4) is 0 Å². The number of ether oxygens (including phenoxy) is 1. The van der Waals surface area contributed by atoms with Crippen molar-refractivity contribution in [3.8, 4) is 5.75 Å². The van der Waals surface area contributed by atoms with Gasteiger partial charge in [0.15, 0.2) is 0 Å². The molecule has 1 aliphatic rings. The van der Waals surface area contributed by atoms with Gasteiger partial charge in [-0.15, -0.1) is 0 Å². The maximum absolute atomic E-state index is 10.4. The number of likely N-dealkylation sites (tertiary alicyclic amines) is 1. The Hall–Kier alpha value is -1.06. The van der Waals surface area contributed by atoms with Gasteiger partial charge in [0.1, 0.15) is 18.5 Å². The Morgan fingerprint density at radius 2 is 1.59 bits per heavy atom. The number of rotatable bonds is 7. The lowest BCUT2D eigenvalue weighted by Gasteiger charge is -2.36. The Balaban J connectivity index is 1.84. The van der Waals surface area contributed by atoms with Gasteiger partial charge in [0, 0.05) is 19.6 Å². The molecule has 0 aliphatic carbocycles. The summed E-state index contributed by atoms with van der Waals surface area (Å²) in [6, 6.07) is 8.41. The summed E-state index contributed by atoms with van der Waals surface area (Å²) in [6.45, 7) is 19.3. The number of β-amino-alcohol motifs (C(OH)–C–C–N with tert-alkyl or cyclic N) is 1. The predicted octanol–water partition coefficient (Wildman–Crippen LogP) is 5.12. The minimum Gasteiger partial charge on any atom is -0.491 e. The average Bonchev–Trinajstić information content (AvgIpc) is 2.50. The van der Waals surface area contributed by atoms with Gasteiger partial charge in [0.25, 0.3) is 0 Å². The Bertz CT molecular complexity index is 563. The summed E-state index contributed by atoms with van der Waals surface area (Å²) >= 11 is 0. The van der Waals surface area contributed by atoms with Gasteiger partial charge in [0.2, 0.25) is 0 Å². The molecule has 0 saturated carbocycles. The zero-order chi connectivity index (χ0) is 20.2. The Morgan fingerprint density at radius 1 is 1.04 bits per heavy atom. The van der Waals surface area contributed by atoms with Crippen LogP contribution in [0.2, 0.25) is 0 Å². The van der Waals surface area contributed by atoms with Crippen molar-refractivity contribution in [3.05, 3.63) is 29.8 Å². The third-order valence-corrected chi connectivity index (χ3v) is 5.46. The molecule has 154 valence electrons. The monoisotopic (exact) mass is 375 g/mol. The Morgan fingerprint density at radius 3 is 2.11 bits per heavy atom. The van der Waals surface area contributed by atoms with E-state index < -0.39 is 6.10 Å². The second-order valence-electron chi connectivity index (χ2n) is 10.8. The minimum atomic E-state index is -0.445. The summed E-state index contributed by atoms with van der Waals surface area (Å²) in [7, 11) is 0. The number of nitrogens with zero attached hydrogens (tertiary/aromatic N) is 1. The summed E-state index contributed by atoms with van der Waals surface area (Å²) in [6.07, 6.45) is 1.98. The number of benzene rings is 1. The van der Waals surface area contributed by atoms with Gasteiger partial charge < -0.3 is 14.7 Å². The largest absolute Gasteiger partial charge is 0.491 e. The van der Waals surface area contributed by atoms with Crippen molar-refractivity contribution in [1.82, 2.24) is 4.90 Å². The minimum absolute atomic E-state index is 0.137. The molecule has 1 saturated heterocycles. The Labute approximate surface area is 167 Å². The standard InChI is InChI=1S/C24H41NO2/c1-18-12-19(2)14-25(13-18)15-21(26)16-27-22-10-8-20(9-11-22)24(6,7)17-23(3,4)5/h8-11,18-19,21,26H,12-17H2,1-7H3/t18-,19-,21-/m0/s1. The maximum atomic E-state index is 10.4. The lowest BCUT2D eigenvalue weighted by atomic mass is 9.72. The first-order valence-electron chi connectivity index (χ1n) is 10.6. The highest BCUT2D eigenvalue weighted by Crippen LogP contribution is 2.36. The predicted molar refractivity (Wildman–Crippen MR) is 114 cm³/mol. The van der Waals surface area contributed by atoms with E-state index in [9.17, 15) is 5.11 Å². The van der Waals surface area contributed by atoms with Crippen LogP contribution in [0.5, 0.6) is 5.75 Å². The van der Waals surface area contributed by atoms with Crippen LogP contribution < -0.4 is 4.74 Å². The van der Waals surface area contributed by atoms with E-state index in [1.165, 1.54) is 12.0 Å². The Kier molecular flexibility index (Phi) is 7.38. The zero-order valence-corrected chi connectivity index (χ0v) is 18.6. The maximum Gasteiger partial charge on any atom is 0.119 e.